The molecule has 2 aromatic rings. The molecule has 0 aliphatic carbocycles. The van der Waals surface area contributed by atoms with Crippen molar-refractivity contribution in [3.63, 3.8) is 0 Å². The minimum absolute atomic E-state index is 0.437. The van der Waals surface area contributed by atoms with E-state index >= 15 is 0 Å². The molecule has 1 aromatic carbocycles. The number of hydrogen-bond donors (Lipinski definition) is 0. The van der Waals surface area contributed by atoms with Gasteiger partial charge in [0.05, 0.1) is 31.9 Å². The average molecular weight is 483 g/mol. The standard InChI is InChI=1S/C14H15Br3N2O2/c1-4-19-11(14(17)8(2)18-19)7-21-13-6-9(15)12(20-3)5-10(13)16/h5-6H,4,7H2,1-3H3. The van der Waals surface area contributed by atoms with Crippen molar-refractivity contribution in [2.75, 3.05) is 7.11 Å². The van der Waals surface area contributed by atoms with E-state index in [-0.39, 0.29) is 0 Å². The Kier molecular flexibility index (Phi) is 5.73. The summed E-state index contributed by atoms with van der Waals surface area (Å²) in [5.41, 5.74) is 1.99. The van der Waals surface area contributed by atoms with E-state index in [0.717, 1.165) is 42.8 Å². The van der Waals surface area contributed by atoms with Crippen LogP contribution in [0, 0.1) is 6.92 Å². The maximum absolute atomic E-state index is 5.92. The van der Waals surface area contributed by atoms with Crippen LogP contribution in [-0.2, 0) is 13.2 Å². The molecule has 0 aliphatic heterocycles. The van der Waals surface area contributed by atoms with Gasteiger partial charge in [-0.25, -0.2) is 0 Å². The van der Waals surface area contributed by atoms with E-state index in [1.165, 1.54) is 0 Å². The normalized spacial score (nSPS) is 10.8. The molecular weight excluding hydrogens is 468 g/mol. The first kappa shape index (κ1) is 16.8. The zero-order valence-corrected chi connectivity index (χ0v) is 16.7. The van der Waals surface area contributed by atoms with Crippen molar-refractivity contribution < 1.29 is 9.47 Å². The lowest BCUT2D eigenvalue weighted by Gasteiger charge is -2.12. The lowest BCUT2D eigenvalue weighted by atomic mass is 10.3. The number of ether oxygens (including phenoxy) is 2. The van der Waals surface area contributed by atoms with Crippen LogP contribution < -0.4 is 9.47 Å². The van der Waals surface area contributed by atoms with Gasteiger partial charge < -0.3 is 9.47 Å². The number of methoxy groups -OCH3 is 1. The highest BCUT2D eigenvalue weighted by Crippen LogP contribution is 2.36. The number of aromatic nitrogens is 2. The molecule has 21 heavy (non-hydrogen) atoms. The lowest BCUT2D eigenvalue weighted by Crippen LogP contribution is -2.07. The Labute approximate surface area is 149 Å². The van der Waals surface area contributed by atoms with Crippen LogP contribution in [0.15, 0.2) is 25.6 Å². The number of hydrogen-bond acceptors (Lipinski definition) is 3. The molecule has 7 heteroatoms. The summed E-state index contributed by atoms with van der Waals surface area (Å²) in [6, 6.07) is 3.76. The first-order valence-electron chi connectivity index (χ1n) is 6.35. The van der Waals surface area contributed by atoms with Gasteiger partial charge in [0.25, 0.3) is 0 Å². The van der Waals surface area contributed by atoms with Gasteiger partial charge in [-0.05, 0) is 73.8 Å². The molecule has 0 spiro atoms. The fourth-order valence-electron chi connectivity index (χ4n) is 1.93. The summed E-state index contributed by atoms with van der Waals surface area (Å²) in [6.45, 7) is 5.27. The fraction of sp³-hybridized carbons (Fsp3) is 0.357. The highest BCUT2D eigenvalue weighted by Gasteiger charge is 2.14. The molecule has 114 valence electrons. The molecule has 4 nitrogen and oxygen atoms in total. The molecule has 0 saturated carbocycles. The van der Waals surface area contributed by atoms with E-state index in [9.17, 15) is 0 Å². The number of rotatable bonds is 5. The highest BCUT2D eigenvalue weighted by molar-refractivity contribution is 9.11. The Morgan fingerprint density at radius 3 is 2.38 bits per heavy atom. The second-order valence-corrected chi connectivity index (χ2v) is 6.87. The van der Waals surface area contributed by atoms with Gasteiger partial charge in [0, 0.05) is 6.54 Å². The van der Waals surface area contributed by atoms with E-state index in [1.807, 2.05) is 23.7 Å². The number of aryl methyl sites for hydroxylation is 2. The third kappa shape index (κ3) is 3.63. The van der Waals surface area contributed by atoms with Gasteiger partial charge in [-0.1, -0.05) is 0 Å². The summed E-state index contributed by atoms with van der Waals surface area (Å²) in [5, 5.41) is 4.46. The summed E-state index contributed by atoms with van der Waals surface area (Å²) >= 11 is 10.5. The van der Waals surface area contributed by atoms with Crippen LogP contribution in [0.1, 0.15) is 18.3 Å². The van der Waals surface area contributed by atoms with E-state index in [0.29, 0.717) is 6.61 Å². The predicted molar refractivity (Wildman–Crippen MR) is 93.1 cm³/mol. The largest absolute Gasteiger partial charge is 0.496 e. The van der Waals surface area contributed by atoms with E-state index in [1.54, 1.807) is 7.11 Å². The van der Waals surface area contributed by atoms with Crippen LogP contribution in [-0.4, -0.2) is 16.9 Å². The minimum atomic E-state index is 0.437. The maximum atomic E-state index is 5.92. The third-order valence-corrected chi connectivity index (χ3v) is 5.29. The maximum Gasteiger partial charge on any atom is 0.135 e. The van der Waals surface area contributed by atoms with Crippen molar-refractivity contribution in [3.05, 3.63) is 36.9 Å². The Morgan fingerprint density at radius 2 is 1.76 bits per heavy atom. The minimum Gasteiger partial charge on any atom is -0.496 e. The van der Waals surface area contributed by atoms with Crippen LogP contribution in [0.25, 0.3) is 0 Å². The monoisotopic (exact) mass is 480 g/mol. The second-order valence-electron chi connectivity index (χ2n) is 4.37. The average Bonchev–Trinajstić information content (AvgIpc) is 2.74. The third-order valence-electron chi connectivity index (χ3n) is 3.02. The van der Waals surface area contributed by atoms with Crippen molar-refractivity contribution in [2.45, 2.75) is 27.0 Å². The molecule has 0 radical (unpaired) electrons. The van der Waals surface area contributed by atoms with Gasteiger partial charge in [0.15, 0.2) is 0 Å². The summed E-state index contributed by atoms with van der Waals surface area (Å²) < 4.78 is 15.8. The van der Waals surface area contributed by atoms with Crippen LogP contribution in [0.5, 0.6) is 11.5 Å². The lowest BCUT2D eigenvalue weighted by molar-refractivity contribution is 0.289. The quantitative estimate of drug-likeness (QED) is 0.596. The topological polar surface area (TPSA) is 36.3 Å². The summed E-state index contributed by atoms with van der Waals surface area (Å²) in [7, 11) is 1.63. The molecule has 2 rings (SSSR count). The Balaban J connectivity index is 2.23. The van der Waals surface area contributed by atoms with Crippen LogP contribution in [0.2, 0.25) is 0 Å². The zero-order valence-electron chi connectivity index (χ0n) is 11.9. The molecule has 0 amide bonds. The first-order chi connectivity index (χ1) is 9.97. The molecule has 0 fully saturated rings. The van der Waals surface area contributed by atoms with Crippen molar-refractivity contribution in [2.24, 2.45) is 0 Å². The molecule has 0 unspecified atom stereocenters. The SMILES string of the molecule is CCn1nc(C)c(Br)c1COc1cc(Br)c(OC)cc1Br. The number of nitrogens with zero attached hydrogens (tertiary/aromatic N) is 2. The summed E-state index contributed by atoms with van der Waals surface area (Å²) in [6.07, 6.45) is 0. The van der Waals surface area contributed by atoms with Gasteiger partial charge in [0.1, 0.15) is 18.1 Å². The Hall–Kier alpha value is -0.530. The van der Waals surface area contributed by atoms with Crippen molar-refractivity contribution in [1.82, 2.24) is 9.78 Å². The van der Waals surface area contributed by atoms with Crippen LogP contribution in [0.4, 0.5) is 0 Å². The highest BCUT2D eigenvalue weighted by atomic mass is 79.9. The smallest absolute Gasteiger partial charge is 0.135 e. The summed E-state index contributed by atoms with van der Waals surface area (Å²) in [5.74, 6) is 1.50. The molecule has 0 bridgehead atoms. The van der Waals surface area contributed by atoms with Gasteiger partial charge in [-0.3, -0.25) is 4.68 Å². The molecule has 0 N–H and O–H groups in total. The zero-order chi connectivity index (χ0) is 15.6. The van der Waals surface area contributed by atoms with Gasteiger partial charge in [-0.2, -0.15) is 5.10 Å². The molecule has 1 aromatic heterocycles. The van der Waals surface area contributed by atoms with Crippen LogP contribution >= 0.6 is 47.8 Å². The second kappa shape index (κ2) is 7.15. The Morgan fingerprint density at radius 1 is 1.14 bits per heavy atom. The molecule has 0 saturated heterocycles. The number of halogens is 3. The Bertz CT molecular complexity index is 656. The molecular formula is C14H15Br3N2O2. The summed E-state index contributed by atoms with van der Waals surface area (Å²) in [4.78, 5) is 0. The van der Waals surface area contributed by atoms with E-state index < -0.39 is 0 Å². The predicted octanol–water partition coefficient (Wildman–Crippen LogP) is 5.09. The van der Waals surface area contributed by atoms with Gasteiger partial charge >= 0.3 is 0 Å². The first-order valence-corrected chi connectivity index (χ1v) is 8.73. The fourth-order valence-corrected chi connectivity index (χ4v) is 3.25. The molecule has 0 aliphatic rings. The van der Waals surface area contributed by atoms with Crippen molar-refractivity contribution in [1.29, 1.82) is 0 Å². The number of benzene rings is 1. The van der Waals surface area contributed by atoms with Gasteiger partial charge in [0.2, 0.25) is 0 Å². The van der Waals surface area contributed by atoms with Crippen LogP contribution in [0.3, 0.4) is 0 Å². The molecule has 0 atom stereocenters. The molecule has 1 heterocycles. The van der Waals surface area contributed by atoms with Gasteiger partial charge in [-0.15, -0.1) is 0 Å². The van der Waals surface area contributed by atoms with Crippen molar-refractivity contribution >= 4 is 47.8 Å². The van der Waals surface area contributed by atoms with E-state index in [4.69, 9.17) is 9.47 Å². The van der Waals surface area contributed by atoms with Crippen molar-refractivity contribution in [3.8, 4) is 11.5 Å². The van der Waals surface area contributed by atoms with E-state index in [2.05, 4.69) is 59.8 Å².